The summed E-state index contributed by atoms with van der Waals surface area (Å²) in [4.78, 5) is 0. The molecule has 0 heterocycles. The molecule has 0 aliphatic heterocycles. The summed E-state index contributed by atoms with van der Waals surface area (Å²) in [6, 6.07) is 0. The average Bonchev–Trinajstić information content (AvgIpc) is 2.43. The highest BCUT2D eigenvalue weighted by Crippen LogP contribution is 2.35. The Morgan fingerprint density at radius 3 is 2.46 bits per heavy atom. The fraction of sp³-hybridized carbons (Fsp3) is 1.00. The van der Waals surface area contributed by atoms with Gasteiger partial charge in [0.1, 0.15) is 0 Å². The van der Waals surface area contributed by atoms with Crippen LogP contribution in [-0.4, -0.2) is 11.2 Å². The van der Waals surface area contributed by atoms with Gasteiger partial charge in [0.25, 0.3) is 0 Å². The first-order valence-electron chi connectivity index (χ1n) is 5.93. The fourth-order valence-corrected chi connectivity index (χ4v) is 2.47. The quantitative estimate of drug-likeness (QED) is 0.650. The van der Waals surface area contributed by atoms with Crippen molar-refractivity contribution < 1.29 is 5.11 Å². The Labute approximate surface area is 82.5 Å². The minimum absolute atomic E-state index is 0.00354. The molecule has 0 saturated heterocycles. The second kappa shape index (κ2) is 5.64. The SMILES string of the molecule is CCCCCCC1CCC(O)C1C. The monoisotopic (exact) mass is 184 g/mol. The maximum Gasteiger partial charge on any atom is 0.0568 e. The predicted molar refractivity (Wildman–Crippen MR) is 56.7 cm³/mol. The van der Waals surface area contributed by atoms with Gasteiger partial charge in [0.05, 0.1) is 6.10 Å². The van der Waals surface area contributed by atoms with Crippen molar-refractivity contribution >= 4 is 0 Å². The molecule has 1 rings (SSSR count). The molecule has 3 atom stereocenters. The summed E-state index contributed by atoms with van der Waals surface area (Å²) in [5, 5.41) is 9.57. The summed E-state index contributed by atoms with van der Waals surface area (Å²) < 4.78 is 0. The molecule has 0 aromatic carbocycles. The highest BCUT2D eigenvalue weighted by Gasteiger charge is 2.30. The molecule has 1 heteroatoms. The summed E-state index contributed by atoms with van der Waals surface area (Å²) in [5.74, 6) is 1.37. The van der Waals surface area contributed by atoms with Gasteiger partial charge in [0.2, 0.25) is 0 Å². The molecular weight excluding hydrogens is 160 g/mol. The zero-order chi connectivity index (χ0) is 9.68. The maximum atomic E-state index is 9.57. The third-order valence-corrected chi connectivity index (χ3v) is 3.61. The van der Waals surface area contributed by atoms with E-state index in [1.165, 1.54) is 38.5 Å². The standard InChI is InChI=1S/C12H24O/c1-3-4-5-6-7-11-8-9-12(13)10(11)2/h10-13H,3-9H2,1-2H3. The van der Waals surface area contributed by atoms with E-state index in [1.54, 1.807) is 0 Å². The molecule has 3 unspecified atom stereocenters. The predicted octanol–water partition coefficient (Wildman–Crippen LogP) is 3.36. The average molecular weight is 184 g/mol. The van der Waals surface area contributed by atoms with E-state index in [4.69, 9.17) is 0 Å². The minimum Gasteiger partial charge on any atom is -0.393 e. The van der Waals surface area contributed by atoms with Gasteiger partial charge in [-0.1, -0.05) is 46.0 Å². The van der Waals surface area contributed by atoms with Gasteiger partial charge in [-0.2, -0.15) is 0 Å². The summed E-state index contributed by atoms with van der Waals surface area (Å²) in [6.45, 7) is 4.46. The van der Waals surface area contributed by atoms with Crippen LogP contribution in [0.2, 0.25) is 0 Å². The zero-order valence-corrected chi connectivity index (χ0v) is 9.13. The first-order valence-corrected chi connectivity index (χ1v) is 5.93. The highest BCUT2D eigenvalue weighted by molar-refractivity contribution is 4.81. The lowest BCUT2D eigenvalue weighted by Gasteiger charge is -2.16. The smallest absolute Gasteiger partial charge is 0.0568 e. The van der Waals surface area contributed by atoms with Crippen molar-refractivity contribution in [2.45, 2.75) is 64.9 Å². The van der Waals surface area contributed by atoms with E-state index in [0.717, 1.165) is 12.3 Å². The fourth-order valence-electron chi connectivity index (χ4n) is 2.47. The molecule has 1 nitrogen and oxygen atoms in total. The second-order valence-corrected chi connectivity index (χ2v) is 4.61. The molecule has 0 spiro atoms. The van der Waals surface area contributed by atoms with Crippen molar-refractivity contribution in [3.63, 3.8) is 0 Å². The molecule has 13 heavy (non-hydrogen) atoms. The Kier molecular flexibility index (Phi) is 4.79. The van der Waals surface area contributed by atoms with E-state index >= 15 is 0 Å². The van der Waals surface area contributed by atoms with Crippen LogP contribution in [0.4, 0.5) is 0 Å². The third-order valence-electron chi connectivity index (χ3n) is 3.61. The van der Waals surface area contributed by atoms with Crippen molar-refractivity contribution in [2.24, 2.45) is 11.8 Å². The van der Waals surface area contributed by atoms with Gasteiger partial charge in [-0.15, -0.1) is 0 Å². The number of hydrogen-bond acceptors (Lipinski definition) is 1. The number of unbranched alkanes of at least 4 members (excludes halogenated alkanes) is 3. The van der Waals surface area contributed by atoms with Crippen LogP contribution in [0.5, 0.6) is 0 Å². The van der Waals surface area contributed by atoms with E-state index in [2.05, 4.69) is 13.8 Å². The van der Waals surface area contributed by atoms with Crippen LogP contribution in [-0.2, 0) is 0 Å². The number of aliphatic hydroxyl groups excluding tert-OH is 1. The van der Waals surface area contributed by atoms with Crippen molar-refractivity contribution in [2.75, 3.05) is 0 Å². The molecular formula is C12H24O. The maximum absolute atomic E-state index is 9.57. The van der Waals surface area contributed by atoms with Gasteiger partial charge in [0.15, 0.2) is 0 Å². The first-order chi connectivity index (χ1) is 6.25. The van der Waals surface area contributed by atoms with Crippen LogP contribution in [0.3, 0.4) is 0 Å². The molecule has 0 aromatic rings. The number of aliphatic hydroxyl groups is 1. The van der Waals surface area contributed by atoms with Gasteiger partial charge in [-0.05, 0) is 24.7 Å². The van der Waals surface area contributed by atoms with E-state index in [-0.39, 0.29) is 6.10 Å². The van der Waals surface area contributed by atoms with Crippen LogP contribution in [0.1, 0.15) is 58.8 Å². The van der Waals surface area contributed by atoms with Gasteiger partial charge in [0, 0.05) is 0 Å². The zero-order valence-electron chi connectivity index (χ0n) is 9.13. The Balaban J connectivity index is 2.08. The van der Waals surface area contributed by atoms with Gasteiger partial charge in [-0.25, -0.2) is 0 Å². The molecule has 0 aromatic heterocycles. The summed E-state index contributed by atoms with van der Waals surface area (Å²) in [5.41, 5.74) is 0. The molecule has 1 fully saturated rings. The Morgan fingerprint density at radius 2 is 1.92 bits per heavy atom. The topological polar surface area (TPSA) is 20.2 Å². The van der Waals surface area contributed by atoms with Gasteiger partial charge < -0.3 is 5.11 Å². The Bertz CT molecular complexity index is 133. The molecule has 1 N–H and O–H groups in total. The van der Waals surface area contributed by atoms with Crippen molar-refractivity contribution in [1.29, 1.82) is 0 Å². The largest absolute Gasteiger partial charge is 0.393 e. The van der Waals surface area contributed by atoms with Crippen LogP contribution in [0, 0.1) is 11.8 Å². The molecule has 1 saturated carbocycles. The van der Waals surface area contributed by atoms with Crippen molar-refractivity contribution in [3.8, 4) is 0 Å². The normalized spacial score (nSPS) is 33.9. The highest BCUT2D eigenvalue weighted by atomic mass is 16.3. The minimum atomic E-state index is -0.00354. The molecule has 0 amide bonds. The lowest BCUT2D eigenvalue weighted by atomic mass is 9.91. The van der Waals surface area contributed by atoms with Crippen molar-refractivity contribution in [3.05, 3.63) is 0 Å². The molecule has 0 bridgehead atoms. The van der Waals surface area contributed by atoms with E-state index < -0.39 is 0 Å². The second-order valence-electron chi connectivity index (χ2n) is 4.61. The van der Waals surface area contributed by atoms with E-state index in [0.29, 0.717) is 5.92 Å². The van der Waals surface area contributed by atoms with Gasteiger partial charge in [-0.3, -0.25) is 0 Å². The lowest BCUT2D eigenvalue weighted by Crippen LogP contribution is -2.15. The van der Waals surface area contributed by atoms with Crippen LogP contribution in [0.15, 0.2) is 0 Å². The Hall–Kier alpha value is -0.0400. The number of hydrogen-bond donors (Lipinski definition) is 1. The third kappa shape index (κ3) is 3.30. The van der Waals surface area contributed by atoms with Gasteiger partial charge >= 0.3 is 0 Å². The Morgan fingerprint density at radius 1 is 1.15 bits per heavy atom. The van der Waals surface area contributed by atoms with Crippen molar-refractivity contribution in [1.82, 2.24) is 0 Å². The number of rotatable bonds is 5. The van der Waals surface area contributed by atoms with Crippen LogP contribution >= 0.6 is 0 Å². The lowest BCUT2D eigenvalue weighted by molar-refractivity contribution is 0.125. The summed E-state index contributed by atoms with van der Waals surface area (Å²) >= 11 is 0. The molecule has 1 aliphatic carbocycles. The summed E-state index contributed by atoms with van der Waals surface area (Å²) in [6.07, 6.45) is 9.10. The van der Waals surface area contributed by atoms with Crippen LogP contribution < -0.4 is 0 Å². The molecule has 78 valence electrons. The molecule has 0 radical (unpaired) electrons. The summed E-state index contributed by atoms with van der Waals surface area (Å²) in [7, 11) is 0. The van der Waals surface area contributed by atoms with E-state index in [1.807, 2.05) is 0 Å². The van der Waals surface area contributed by atoms with Crippen LogP contribution in [0.25, 0.3) is 0 Å². The van der Waals surface area contributed by atoms with E-state index in [9.17, 15) is 5.11 Å². The first kappa shape index (κ1) is 11.0. The molecule has 1 aliphatic rings.